The molecule has 0 radical (unpaired) electrons. The van der Waals surface area contributed by atoms with Crippen molar-refractivity contribution in [3.63, 3.8) is 0 Å². The number of carbonyl (C=O) groups is 3. The number of fused-ring (bicyclic) bond motifs is 2. The number of aldehydes is 1. The second-order valence-electron chi connectivity index (χ2n) is 7.96. The van der Waals surface area contributed by atoms with Gasteiger partial charge in [-0.3, -0.25) is 14.4 Å². The van der Waals surface area contributed by atoms with Crippen LogP contribution in [0.1, 0.15) is 47.8 Å². The number of hydrogen-bond acceptors (Lipinski definition) is 6. The van der Waals surface area contributed by atoms with Gasteiger partial charge < -0.3 is 9.47 Å². The zero-order valence-corrected chi connectivity index (χ0v) is 18.2. The highest BCUT2D eigenvalue weighted by Gasteiger charge is 2.17. The Kier molecular flexibility index (Phi) is 4.87. The number of Topliss-reactive ketones (excluding diaryl/α,β-unsaturated/α-hetero) is 2. The van der Waals surface area contributed by atoms with E-state index in [9.17, 15) is 18.8 Å². The van der Waals surface area contributed by atoms with Gasteiger partial charge in [0, 0.05) is 29.4 Å². The normalized spacial score (nSPS) is 16.9. The summed E-state index contributed by atoms with van der Waals surface area (Å²) in [6.07, 6.45) is 0.267. The lowest BCUT2D eigenvalue weighted by molar-refractivity contribution is 0.0985. The average Bonchev–Trinajstić information content (AvgIpc) is 2.89. The van der Waals surface area contributed by atoms with Crippen LogP contribution in [0.15, 0.2) is 66.7 Å². The fourth-order valence-corrected chi connectivity index (χ4v) is 3.81. The molecule has 0 spiro atoms. The van der Waals surface area contributed by atoms with Crippen LogP contribution in [-0.2, 0) is 12.8 Å². The van der Waals surface area contributed by atoms with Crippen molar-refractivity contribution in [3.8, 4) is 11.5 Å². The van der Waals surface area contributed by atoms with Crippen LogP contribution in [0.5, 0.6) is 11.5 Å². The van der Waals surface area contributed by atoms with Crippen LogP contribution < -0.4 is 9.47 Å². The van der Waals surface area contributed by atoms with Crippen molar-refractivity contribution in [2.24, 2.45) is 0 Å². The van der Waals surface area contributed by atoms with Crippen molar-refractivity contribution in [2.45, 2.75) is 12.8 Å². The quantitative estimate of drug-likeness (QED) is 0.283. The van der Waals surface area contributed by atoms with Gasteiger partial charge in [-0.1, -0.05) is 18.2 Å². The predicted octanol–water partition coefficient (Wildman–Crippen LogP) is 4.81. The summed E-state index contributed by atoms with van der Waals surface area (Å²) in [4.78, 5) is 41.0. The van der Waals surface area contributed by atoms with E-state index < -0.39 is 18.9 Å². The van der Waals surface area contributed by atoms with Crippen LogP contribution in [0.25, 0.3) is 10.9 Å². The molecule has 1 aromatic heterocycles. The summed E-state index contributed by atoms with van der Waals surface area (Å²) in [6.45, 7) is -5.48. The molecule has 174 valence electrons. The Hall–Kier alpha value is -4.39. The van der Waals surface area contributed by atoms with Gasteiger partial charge in [0.1, 0.15) is 24.6 Å². The van der Waals surface area contributed by atoms with Gasteiger partial charge in [-0.2, -0.15) is 0 Å². The number of pyridine rings is 1. The molecule has 0 saturated heterocycles. The molecule has 0 atom stereocenters. The summed E-state index contributed by atoms with van der Waals surface area (Å²) in [5, 5.41) is 0.662. The molecule has 0 fully saturated rings. The molecule has 0 bridgehead atoms. The van der Waals surface area contributed by atoms with Crippen molar-refractivity contribution in [3.05, 3.63) is 100 Å². The molecular formula is C28H20FNO5. The maximum absolute atomic E-state index is 14.6. The summed E-state index contributed by atoms with van der Waals surface area (Å²) in [7, 11) is 0. The van der Waals surface area contributed by atoms with Crippen molar-refractivity contribution in [1.29, 1.82) is 0 Å². The number of halogens is 1. The van der Waals surface area contributed by atoms with Gasteiger partial charge in [0.15, 0.2) is 29.4 Å². The smallest absolute Gasteiger partial charge is 0.168 e. The topological polar surface area (TPSA) is 82.6 Å². The molecule has 1 aliphatic heterocycles. The molecular weight excluding hydrogens is 449 g/mol. The molecule has 0 amide bonds. The Morgan fingerprint density at radius 1 is 0.886 bits per heavy atom. The highest BCUT2D eigenvalue weighted by Crippen LogP contribution is 2.31. The number of rotatable bonds is 7. The number of hydrogen-bond donors (Lipinski definition) is 0. The number of ketones is 2. The van der Waals surface area contributed by atoms with Gasteiger partial charge in [0.05, 0.1) is 11.0 Å². The van der Waals surface area contributed by atoms with Crippen molar-refractivity contribution < 1.29 is 33.7 Å². The largest absolute Gasteiger partial charge is 0.486 e. The highest BCUT2D eigenvalue weighted by atomic mass is 19.1. The molecule has 35 heavy (non-hydrogen) atoms. The van der Waals surface area contributed by atoms with Crippen molar-refractivity contribution in [1.82, 2.24) is 4.98 Å². The highest BCUT2D eigenvalue weighted by molar-refractivity contribution is 6.01. The van der Waals surface area contributed by atoms with E-state index in [1.54, 1.807) is 30.3 Å². The summed E-state index contributed by atoms with van der Waals surface area (Å²) in [5.74, 6) is -1.45. The minimum atomic E-state index is -2.76. The van der Waals surface area contributed by atoms with E-state index in [1.165, 1.54) is 36.4 Å². The molecule has 0 N–H and O–H groups in total. The van der Waals surface area contributed by atoms with E-state index in [-0.39, 0.29) is 52.7 Å². The molecule has 0 saturated carbocycles. The SMILES string of the molecule is [2H]C1([2H])Oc2ccc(C(=O)Cc3ccc(F)c(CC(=O)c4ccc5nc(C=O)ccc5c4)c3)cc2OC1([2H])[2H]. The van der Waals surface area contributed by atoms with E-state index in [2.05, 4.69) is 4.98 Å². The van der Waals surface area contributed by atoms with Crippen molar-refractivity contribution >= 4 is 28.8 Å². The third-order valence-corrected chi connectivity index (χ3v) is 5.61. The molecule has 1 aliphatic rings. The Labute approximate surface area is 205 Å². The second-order valence-corrected chi connectivity index (χ2v) is 7.96. The average molecular weight is 473 g/mol. The van der Waals surface area contributed by atoms with Gasteiger partial charge in [0.2, 0.25) is 0 Å². The Bertz CT molecular complexity index is 1660. The molecule has 6 nitrogen and oxygen atoms in total. The van der Waals surface area contributed by atoms with E-state index in [0.29, 0.717) is 28.3 Å². The first kappa shape index (κ1) is 18.0. The third-order valence-electron chi connectivity index (χ3n) is 5.61. The zero-order valence-electron chi connectivity index (χ0n) is 22.2. The Morgan fingerprint density at radius 2 is 1.63 bits per heavy atom. The lowest BCUT2D eigenvalue weighted by atomic mass is 9.97. The van der Waals surface area contributed by atoms with E-state index >= 15 is 0 Å². The minimum Gasteiger partial charge on any atom is -0.486 e. The summed E-state index contributed by atoms with van der Waals surface area (Å²) < 4.78 is 55.5. The van der Waals surface area contributed by atoms with Gasteiger partial charge in [-0.15, -0.1) is 0 Å². The Balaban J connectivity index is 1.32. The monoisotopic (exact) mass is 473 g/mol. The number of benzene rings is 3. The van der Waals surface area contributed by atoms with Gasteiger partial charge in [0.25, 0.3) is 0 Å². The van der Waals surface area contributed by atoms with Gasteiger partial charge >= 0.3 is 0 Å². The van der Waals surface area contributed by atoms with Gasteiger partial charge in [-0.25, -0.2) is 9.37 Å². The fourth-order valence-electron chi connectivity index (χ4n) is 3.81. The maximum Gasteiger partial charge on any atom is 0.168 e. The standard InChI is InChI=1S/C28H20FNO5/c29-23-6-1-17(12-25(32)20-4-8-27-28(15-20)35-10-9-34-27)11-21(23)14-26(33)19-3-7-24-18(13-19)2-5-22(16-31)30-24/h1-8,11,13,15-16H,9-10,12,14H2/i9D2,10D2. The molecule has 4 aromatic rings. The number of ether oxygens (including phenoxy) is 2. The first-order chi connectivity index (χ1) is 18.5. The second kappa shape index (κ2) is 9.46. The van der Waals surface area contributed by atoms with Crippen LogP contribution in [-0.4, -0.2) is 36.0 Å². The van der Waals surface area contributed by atoms with E-state index in [4.69, 9.17) is 15.0 Å². The molecule has 7 heteroatoms. The summed E-state index contributed by atoms with van der Waals surface area (Å²) in [6, 6.07) is 16.1. The van der Waals surface area contributed by atoms with E-state index in [0.717, 1.165) is 0 Å². The van der Waals surface area contributed by atoms with Crippen LogP contribution in [0, 0.1) is 5.82 Å². The van der Waals surface area contributed by atoms with E-state index in [1.807, 2.05) is 0 Å². The molecule has 5 rings (SSSR count). The maximum atomic E-state index is 14.6. The first-order valence-electron chi connectivity index (χ1n) is 12.7. The first-order valence-corrected chi connectivity index (χ1v) is 10.7. The molecule has 3 aromatic carbocycles. The molecule has 2 heterocycles. The van der Waals surface area contributed by atoms with Crippen LogP contribution in [0.4, 0.5) is 4.39 Å². The van der Waals surface area contributed by atoms with Gasteiger partial charge in [-0.05, 0) is 59.7 Å². The van der Waals surface area contributed by atoms with Crippen LogP contribution in [0.2, 0.25) is 0 Å². The lowest BCUT2D eigenvalue weighted by Gasteiger charge is -2.18. The summed E-state index contributed by atoms with van der Waals surface area (Å²) >= 11 is 0. The zero-order chi connectivity index (χ0) is 27.9. The summed E-state index contributed by atoms with van der Waals surface area (Å²) in [5.41, 5.74) is 1.93. The van der Waals surface area contributed by atoms with Crippen LogP contribution >= 0.6 is 0 Å². The van der Waals surface area contributed by atoms with Crippen LogP contribution in [0.3, 0.4) is 0 Å². The predicted molar refractivity (Wildman–Crippen MR) is 127 cm³/mol. The number of nitrogens with zero attached hydrogens (tertiary/aromatic N) is 1. The number of aromatic nitrogens is 1. The number of carbonyl (C=O) groups excluding carboxylic acids is 3. The lowest BCUT2D eigenvalue weighted by Crippen LogP contribution is -2.16. The third kappa shape index (κ3) is 4.80. The van der Waals surface area contributed by atoms with Crippen molar-refractivity contribution in [2.75, 3.05) is 13.1 Å². The molecule has 0 aliphatic carbocycles. The minimum absolute atomic E-state index is 0.0390. The fraction of sp³-hybridized carbons (Fsp3) is 0.143. The molecule has 0 unspecified atom stereocenters. The Morgan fingerprint density at radius 3 is 2.46 bits per heavy atom.